The normalized spacial score (nSPS) is 16.1. The molecule has 0 saturated carbocycles. The number of hydrogen-bond donors (Lipinski definition) is 2. The van der Waals surface area contributed by atoms with Crippen LogP contribution in [-0.4, -0.2) is 21.8 Å². The molecule has 0 fully saturated rings. The molecule has 16 heavy (non-hydrogen) atoms. The van der Waals surface area contributed by atoms with Crippen molar-refractivity contribution in [1.82, 2.24) is 9.55 Å². The molecule has 1 heterocycles. The summed E-state index contributed by atoms with van der Waals surface area (Å²) in [6.45, 7) is 0. The number of nitrogens with zero attached hydrogens (tertiary/aromatic N) is 2. The first-order valence-corrected chi connectivity index (χ1v) is 5.23. The van der Waals surface area contributed by atoms with Gasteiger partial charge in [-0.3, -0.25) is 5.41 Å². The lowest BCUT2D eigenvalue weighted by molar-refractivity contribution is 0.229. The van der Waals surface area contributed by atoms with Crippen LogP contribution in [-0.2, 0) is 18.2 Å². The number of aliphatic hydroxyl groups excluding tert-OH is 1. The highest BCUT2D eigenvalue weighted by molar-refractivity contribution is 5.28. The third kappa shape index (κ3) is 1.58. The number of aliphatic hydroxyl groups is 1. The van der Waals surface area contributed by atoms with E-state index in [0.29, 0.717) is 0 Å². The number of rotatable bonds is 1. The van der Waals surface area contributed by atoms with E-state index >= 15 is 0 Å². The maximum absolute atomic E-state index is 9.52. The summed E-state index contributed by atoms with van der Waals surface area (Å²) < 4.78 is 6.46. The molecule has 86 valence electrons. The number of ether oxygens (including phenoxy) is 1. The van der Waals surface area contributed by atoms with Crippen molar-refractivity contribution in [3.63, 3.8) is 0 Å². The quantitative estimate of drug-likeness (QED) is 0.658. The van der Waals surface area contributed by atoms with Crippen LogP contribution in [0.25, 0.3) is 12.0 Å². The van der Waals surface area contributed by atoms with Crippen molar-refractivity contribution in [2.75, 3.05) is 7.11 Å². The van der Waals surface area contributed by atoms with Crippen molar-refractivity contribution in [3.05, 3.63) is 21.9 Å². The third-order valence-electron chi connectivity index (χ3n) is 2.81. The Labute approximate surface area is 92.8 Å². The van der Waals surface area contributed by atoms with E-state index in [9.17, 15) is 5.11 Å². The molecule has 0 atom stereocenters. The molecule has 5 nitrogen and oxygen atoms in total. The van der Waals surface area contributed by atoms with Crippen LogP contribution in [0, 0.1) is 5.41 Å². The molecule has 1 aliphatic rings. The Hall–Kier alpha value is -1.78. The lowest BCUT2D eigenvalue weighted by Crippen LogP contribution is -2.47. The van der Waals surface area contributed by atoms with E-state index in [1.54, 1.807) is 11.6 Å². The largest absolute Gasteiger partial charge is 0.479 e. The minimum absolute atomic E-state index is 0.163. The molecule has 2 rings (SSSR count). The van der Waals surface area contributed by atoms with Crippen LogP contribution in [0.1, 0.15) is 18.5 Å². The van der Waals surface area contributed by atoms with Gasteiger partial charge in [0, 0.05) is 7.05 Å². The summed E-state index contributed by atoms with van der Waals surface area (Å²) in [5.74, 6) is -0.297. The van der Waals surface area contributed by atoms with Crippen LogP contribution >= 0.6 is 0 Å². The molecule has 2 N–H and O–H groups in total. The van der Waals surface area contributed by atoms with E-state index in [4.69, 9.17) is 10.1 Å². The van der Waals surface area contributed by atoms with Crippen molar-refractivity contribution in [1.29, 1.82) is 5.41 Å². The van der Waals surface area contributed by atoms with Crippen molar-refractivity contribution in [2.24, 2.45) is 7.05 Å². The van der Waals surface area contributed by atoms with Crippen LogP contribution in [0.4, 0.5) is 0 Å². The van der Waals surface area contributed by atoms with Crippen molar-refractivity contribution < 1.29 is 9.84 Å². The first-order chi connectivity index (χ1) is 7.65. The van der Waals surface area contributed by atoms with Gasteiger partial charge < -0.3 is 14.4 Å². The van der Waals surface area contributed by atoms with Gasteiger partial charge in [-0.1, -0.05) is 6.08 Å². The predicted molar refractivity (Wildman–Crippen MR) is 58.8 cm³/mol. The van der Waals surface area contributed by atoms with E-state index in [1.807, 2.05) is 0 Å². The molecule has 0 aromatic carbocycles. The van der Waals surface area contributed by atoms with Crippen LogP contribution in [0.15, 0.2) is 0 Å². The standard InChI is InChI=1S/C11H15N3O2/c1-14-8-6-4-3-5-7(8)13-9(10(14)12)11(15)16-2/h6,12,15H,3-5H2,1-2H3/b11-9+,12-10?. The Balaban J connectivity index is 2.89. The van der Waals surface area contributed by atoms with Gasteiger partial charge >= 0.3 is 5.95 Å². The van der Waals surface area contributed by atoms with Crippen molar-refractivity contribution >= 4 is 12.0 Å². The lowest BCUT2D eigenvalue weighted by Gasteiger charge is -2.11. The number of fused-ring (bicyclic) bond motifs is 1. The fourth-order valence-electron chi connectivity index (χ4n) is 1.91. The van der Waals surface area contributed by atoms with Gasteiger partial charge in [0.15, 0.2) is 10.8 Å². The monoisotopic (exact) mass is 221 g/mol. The fourth-order valence-corrected chi connectivity index (χ4v) is 1.91. The number of nitrogens with one attached hydrogen (secondary N) is 1. The summed E-state index contributed by atoms with van der Waals surface area (Å²) in [6.07, 6.45) is 5.03. The molecule has 0 aliphatic heterocycles. The van der Waals surface area contributed by atoms with Crippen LogP contribution in [0.3, 0.4) is 0 Å². The molecule has 1 aromatic rings. The number of aryl methyl sites for hydroxylation is 1. The molecule has 1 aliphatic carbocycles. The summed E-state index contributed by atoms with van der Waals surface area (Å²) >= 11 is 0. The topological polar surface area (TPSA) is 71.1 Å². The Morgan fingerprint density at radius 1 is 1.62 bits per heavy atom. The Kier molecular flexibility index (Phi) is 2.68. The zero-order valence-electron chi connectivity index (χ0n) is 9.45. The predicted octanol–water partition coefficient (Wildman–Crippen LogP) is -0.714. The highest BCUT2D eigenvalue weighted by atomic mass is 16.6. The SMILES string of the molecule is CO/C(O)=c1/nc2c(n(C)c1=N)=CCCC2. The molecule has 0 unspecified atom stereocenters. The maximum atomic E-state index is 9.52. The molecular weight excluding hydrogens is 206 g/mol. The highest BCUT2D eigenvalue weighted by Crippen LogP contribution is 2.01. The lowest BCUT2D eigenvalue weighted by atomic mass is 10.1. The fraction of sp³-hybridized carbons (Fsp3) is 0.455. The third-order valence-corrected chi connectivity index (χ3v) is 2.81. The van der Waals surface area contributed by atoms with Gasteiger partial charge in [0.05, 0.1) is 18.2 Å². The van der Waals surface area contributed by atoms with E-state index in [0.717, 1.165) is 30.3 Å². The van der Waals surface area contributed by atoms with Crippen molar-refractivity contribution in [3.8, 4) is 0 Å². The van der Waals surface area contributed by atoms with Gasteiger partial charge in [0.1, 0.15) is 0 Å². The molecule has 0 radical (unpaired) electrons. The average molecular weight is 221 g/mol. The van der Waals surface area contributed by atoms with Gasteiger partial charge in [-0.25, -0.2) is 4.98 Å². The molecule has 5 heteroatoms. The average Bonchev–Trinajstić information content (AvgIpc) is 2.33. The summed E-state index contributed by atoms with van der Waals surface area (Å²) in [7, 11) is 3.17. The molecule has 0 saturated heterocycles. The van der Waals surface area contributed by atoms with Gasteiger partial charge in [0.25, 0.3) is 0 Å². The number of methoxy groups -OCH3 is 1. The Morgan fingerprint density at radius 3 is 3.06 bits per heavy atom. The van der Waals surface area contributed by atoms with E-state index in [-0.39, 0.29) is 16.8 Å². The second-order valence-electron chi connectivity index (χ2n) is 3.81. The molecule has 0 bridgehead atoms. The van der Waals surface area contributed by atoms with Gasteiger partial charge in [-0.15, -0.1) is 0 Å². The first kappa shape index (κ1) is 10.7. The minimum Gasteiger partial charge on any atom is -0.479 e. The van der Waals surface area contributed by atoms with Crippen LogP contribution < -0.4 is 16.2 Å². The van der Waals surface area contributed by atoms with Crippen molar-refractivity contribution in [2.45, 2.75) is 19.3 Å². The Morgan fingerprint density at radius 2 is 2.38 bits per heavy atom. The molecular formula is C11H15N3O2. The number of aromatic nitrogens is 2. The summed E-state index contributed by atoms with van der Waals surface area (Å²) in [4.78, 5) is 4.29. The molecule has 1 aromatic heterocycles. The zero-order valence-corrected chi connectivity index (χ0v) is 9.45. The van der Waals surface area contributed by atoms with Crippen LogP contribution in [0.2, 0.25) is 0 Å². The molecule has 0 spiro atoms. The summed E-state index contributed by atoms with van der Waals surface area (Å²) in [5, 5.41) is 18.6. The number of hydrogen-bond acceptors (Lipinski definition) is 4. The summed E-state index contributed by atoms with van der Waals surface area (Å²) in [5.41, 5.74) is 1.08. The zero-order chi connectivity index (χ0) is 11.7. The molecule has 0 amide bonds. The van der Waals surface area contributed by atoms with Gasteiger partial charge in [0.2, 0.25) is 0 Å². The smallest absolute Gasteiger partial charge is 0.307 e. The second kappa shape index (κ2) is 4.00. The van der Waals surface area contributed by atoms with E-state index in [1.165, 1.54) is 7.11 Å². The van der Waals surface area contributed by atoms with E-state index < -0.39 is 0 Å². The van der Waals surface area contributed by atoms with Gasteiger partial charge in [-0.2, -0.15) is 0 Å². The Bertz CT molecular complexity index is 586. The highest BCUT2D eigenvalue weighted by Gasteiger charge is 2.09. The first-order valence-electron chi connectivity index (χ1n) is 5.23. The maximum Gasteiger partial charge on any atom is 0.307 e. The summed E-state index contributed by atoms with van der Waals surface area (Å²) in [6, 6.07) is 0. The second-order valence-corrected chi connectivity index (χ2v) is 3.81. The minimum atomic E-state index is -0.297. The van der Waals surface area contributed by atoms with E-state index in [2.05, 4.69) is 11.1 Å². The van der Waals surface area contributed by atoms with Crippen LogP contribution in [0.5, 0.6) is 0 Å². The van der Waals surface area contributed by atoms with Gasteiger partial charge in [-0.05, 0) is 19.3 Å².